The molecule has 86 valence electrons. The minimum Gasteiger partial charge on any atom is -0.0617 e. The molecule has 0 heterocycles. The van der Waals surface area contributed by atoms with Gasteiger partial charge in [0.15, 0.2) is 0 Å². The van der Waals surface area contributed by atoms with E-state index in [4.69, 9.17) is 0 Å². The molecule has 0 radical (unpaired) electrons. The molecule has 0 amide bonds. The van der Waals surface area contributed by atoms with Gasteiger partial charge >= 0.3 is 0 Å². The molecule has 1 aliphatic carbocycles. The number of fused-ring (bicyclic) bond motifs is 2. The minimum absolute atomic E-state index is 1.11. The van der Waals surface area contributed by atoms with Gasteiger partial charge in [-0.3, -0.25) is 0 Å². The first-order valence-corrected chi connectivity index (χ1v) is 6.32. The Morgan fingerprint density at radius 1 is 0.647 bits per heavy atom. The highest BCUT2D eigenvalue weighted by Gasteiger charge is 2.19. The summed E-state index contributed by atoms with van der Waals surface area (Å²) in [6.07, 6.45) is 2.23. The lowest BCUT2D eigenvalue weighted by molar-refractivity contribution is 0.959. The predicted molar refractivity (Wildman–Crippen MR) is 72.7 cm³/mol. The second kappa shape index (κ2) is 3.73. The maximum Gasteiger partial charge on any atom is -0.00147 e. The van der Waals surface area contributed by atoms with Crippen LogP contribution in [0.1, 0.15) is 38.9 Å². The van der Waals surface area contributed by atoms with Crippen LogP contribution in [0.15, 0.2) is 30.3 Å². The van der Waals surface area contributed by atoms with Crippen LogP contribution in [0.4, 0.5) is 0 Å². The van der Waals surface area contributed by atoms with Crippen molar-refractivity contribution in [2.75, 3.05) is 0 Å². The Labute approximate surface area is 103 Å². The lowest BCUT2D eigenvalue weighted by Gasteiger charge is -2.24. The number of hydrogen-bond acceptors (Lipinski definition) is 0. The molecule has 3 rings (SSSR count). The molecule has 1 aliphatic rings. The van der Waals surface area contributed by atoms with Crippen molar-refractivity contribution in [1.82, 2.24) is 0 Å². The third-order valence-electron chi connectivity index (χ3n) is 4.13. The van der Waals surface area contributed by atoms with Crippen LogP contribution in [-0.2, 0) is 12.8 Å². The van der Waals surface area contributed by atoms with Crippen LogP contribution >= 0.6 is 0 Å². The summed E-state index contributed by atoms with van der Waals surface area (Å²) in [6.45, 7) is 6.70. The van der Waals surface area contributed by atoms with E-state index in [9.17, 15) is 0 Å². The summed E-state index contributed by atoms with van der Waals surface area (Å²) in [4.78, 5) is 0. The highest BCUT2D eigenvalue weighted by atomic mass is 14.2. The third kappa shape index (κ3) is 1.59. The van der Waals surface area contributed by atoms with Crippen LogP contribution in [0.2, 0.25) is 0 Å². The molecular formula is C17H18. The van der Waals surface area contributed by atoms with Crippen LogP contribution in [0.25, 0.3) is 0 Å². The molecule has 0 N–H and O–H groups in total. The number of rotatable bonds is 0. The summed E-state index contributed by atoms with van der Waals surface area (Å²) in [5.74, 6) is 0. The maximum absolute atomic E-state index is 2.28. The van der Waals surface area contributed by atoms with Crippen molar-refractivity contribution in [3.05, 3.63) is 69.3 Å². The molecule has 2 aromatic carbocycles. The highest BCUT2D eigenvalue weighted by Crippen LogP contribution is 2.32. The van der Waals surface area contributed by atoms with E-state index < -0.39 is 0 Å². The van der Waals surface area contributed by atoms with E-state index in [1.807, 2.05) is 0 Å². The average Bonchev–Trinajstić information content (AvgIpc) is 2.33. The van der Waals surface area contributed by atoms with E-state index in [2.05, 4.69) is 51.1 Å². The number of aryl methyl sites for hydroxylation is 3. The quantitative estimate of drug-likeness (QED) is 0.537. The summed E-state index contributed by atoms with van der Waals surface area (Å²) in [5, 5.41) is 0. The van der Waals surface area contributed by atoms with Gasteiger partial charge in [0.1, 0.15) is 0 Å². The van der Waals surface area contributed by atoms with Gasteiger partial charge < -0.3 is 0 Å². The number of hydrogen-bond donors (Lipinski definition) is 0. The molecule has 0 saturated heterocycles. The van der Waals surface area contributed by atoms with Crippen molar-refractivity contribution in [3.63, 3.8) is 0 Å². The lowest BCUT2D eigenvalue weighted by Crippen LogP contribution is -2.11. The lowest BCUT2D eigenvalue weighted by atomic mass is 9.80. The van der Waals surface area contributed by atoms with Crippen LogP contribution in [0, 0.1) is 20.8 Å². The first kappa shape index (κ1) is 10.6. The van der Waals surface area contributed by atoms with E-state index in [0.717, 1.165) is 12.8 Å². The Morgan fingerprint density at radius 3 is 1.94 bits per heavy atom. The summed E-state index contributed by atoms with van der Waals surface area (Å²) < 4.78 is 0. The molecule has 0 aromatic heterocycles. The number of benzene rings is 2. The molecule has 0 heteroatoms. The normalized spacial score (nSPS) is 13.1. The second-order valence-electron chi connectivity index (χ2n) is 5.22. The molecular weight excluding hydrogens is 204 g/mol. The fourth-order valence-electron chi connectivity index (χ4n) is 2.97. The van der Waals surface area contributed by atoms with Crippen LogP contribution in [-0.4, -0.2) is 0 Å². The minimum atomic E-state index is 1.11. The van der Waals surface area contributed by atoms with Gasteiger partial charge in [-0.25, -0.2) is 0 Å². The van der Waals surface area contributed by atoms with E-state index in [0.29, 0.717) is 0 Å². The van der Waals surface area contributed by atoms with E-state index in [1.54, 1.807) is 16.7 Å². The van der Waals surface area contributed by atoms with Gasteiger partial charge in [-0.05, 0) is 72.6 Å². The van der Waals surface area contributed by atoms with Gasteiger partial charge in [0.05, 0.1) is 0 Å². The van der Waals surface area contributed by atoms with Gasteiger partial charge in [0.2, 0.25) is 0 Å². The van der Waals surface area contributed by atoms with Gasteiger partial charge in [0, 0.05) is 0 Å². The largest absolute Gasteiger partial charge is 0.0617 e. The van der Waals surface area contributed by atoms with Gasteiger partial charge in [-0.15, -0.1) is 0 Å². The van der Waals surface area contributed by atoms with E-state index in [1.165, 1.54) is 22.3 Å². The van der Waals surface area contributed by atoms with Gasteiger partial charge in [-0.2, -0.15) is 0 Å². The zero-order chi connectivity index (χ0) is 12.0. The highest BCUT2D eigenvalue weighted by molar-refractivity contribution is 5.52. The monoisotopic (exact) mass is 222 g/mol. The Balaban J connectivity index is 2.21. The predicted octanol–water partition coefficient (Wildman–Crippen LogP) is 4.11. The zero-order valence-electron chi connectivity index (χ0n) is 10.8. The summed E-state index contributed by atoms with van der Waals surface area (Å²) >= 11 is 0. The Morgan fingerprint density at radius 2 is 1.24 bits per heavy atom. The molecule has 0 fully saturated rings. The molecule has 0 nitrogen and oxygen atoms in total. The standard InChI is InChI=1S/C17H18/c1-11-5-4-6-14-9-16-12(2)7-8-13(3)17(16)10-15(11)14/h4-8H,9-10H2,1-3H3. The second-order valence-corrected chi connectivity index (χ2v) is 5.22. The van der Waals surface area contributed by atoms with Crippen molar-refractivity contribution >= 4 is 0 Å². The van der Waals surface area contributed by atoms with Crippen molar-refractivity contribution in [1.29, 1.82) is 0 Å². The average molecular weight is 222 g/mol. The van der Waals surface area contributed by atoms with Crippen molar-refractivity contribution < 1.29 is 0 Å². The maximum atomic E-state index is 2.28. The molecule has 0 spiro atoms. The molecule has 0 saturated carbocycles. The summed E-state index contributed by atoms with van der Waals surface area (Å²) in [5.41, 5.74) is 10.5. The summed E-state index contributed by atoms with van der Waals surface area (Å²) in [7, 11) is 0. The first-order chi connectivity index (χ1) is 8.16. The van der Waals surface area contributed by atoms with Gasteiger partial charge in [0.25, 0.3) is 0 Å². The Hall–Kier alpha value is -1.56. The van der Waals surface area contributed by atoms with E-state index >= 15 is 0 Å². The smallest absolute Gasteiger partial charge is 0.00147 e. The van der Waals surface area contributed by atoms with Crippen molar-refractivity contribution in [3.8, 4) is 0 Å². The van der Waals surface area contributed by atoms with Gasteiger partial charge in [-0.1, -0.05) is 30.3 Å². The first-order valence-electron chi connectivity index (χ1n) is 6.32. The topological polar surface area (TPSA) is 0 Å². The Bertz CT molecular complexity index is 591. The third-order valence-corrected chi connectivity index (χ3v) is 4.13. The summed E-state index contributed by atoms with van der Waals surface area (Å²) in [6, 6.07) is 11.2. The van der Waals surface area contributed by atoms with Crippen LogP contribution < -0.4 is 0 Å². The molecule has 17 heavy (non-hydrogen) atoms. The zero-order valence-corrected chi connectivity index (χ0v) is 10.8. The van der Waals surface area contributed by atoms with E-state index in [-0.39, 0.29) is 0 Å². The fourth-order valence-corrected chi connectivity index (χ4v) is 2.97. The molecule has 0 aliphatic heterocycles. The molecule has 0 atom stereocenters. The van der Waals surface area contributed by atoms with Crippen molar-refractivity contribution in [2.24, 2.45) is 0 Å². The molecule has 0 bridgehead atoms. The Kier molecular flexibility index (Phi) is 2.32. The molecule has 2 aromatic rings. The van der Waals surface area contributed by atoms with Crippen LogP contribution in [0.3, 0.4) is 0 Å². The SMILES string of the molecule is Cc1cccc2c1Cc1c(C)ccc(C)c1C2. The van der Waals surface area contributed by atoms with Crippen LogP contribution in [0.5, 0.6) is 0 Å². The fraction of sp³-hybridized carbons (Fsp3) is 0.294. The molecule has 0 unspecified atom stereocenters. The van der Waals surface area contributed by atoms with Crippen molar-refractivity contribution in [2.45, 2.75) is 33.6 Å².